The third kappa shape index (κ3) is 6.36. The van der Waals surface area contributed by atoms with Gasteiger partial charge in [0.15, 0.2) is 11.5 Å². The Morgan fingerprint density at radius 3 is 2.27 bits per heavy atom. The molecule has 0 radical (unpaired) electrons. The van der Waals surface area contributed by atoms with Gasteiger partial charge in [0, 0.05) is 19.6 Å². The molecule has 0 aliphatic carbocycles. The highest BCUT2D eigenvalue weighted by Crippen LogP contribution is 2.28. The molecule has 142 valence electrons. The zero-order valence-corrected chi connectivity index (χ0v) is 16.5. The molecule has 0 bridgehead atoms. The minimum Gasteiger partial charge on any atom is -0.493 e. The van der Waals surface area contributed by atoms with Gasteiger partial charge in [-0.1, -0.05) is 49.7 Å². The largest absolute Gasteiger partial charge is 0.493 e. The van der Waals surface area contributed by atoms with Gasteiger partial charge >= 0.3 is 0 Å². The van der Waals surface area contributed by atoms with Gasteiger partial charge in [0.2, 0.25) is 0 Å². The Bertz CT molecular complexity index is 652. The zero-order valence-electron chi connectivity index (χ0n) is 16.5. The van der Waals surface area contributed by atoms with Gasteiger partial charge in [-0.15, -0.1) is 0 Å². The molecule has 0 unspecified atom stereocenters. The van der Waals surface area contributed by atoms with Crippen LogP contribution in [-0.4, -0.2) is 38.2 Å². The fourth-order valence-electron chi connectivity index (χ4n) is 2.80. The zero-order chi connectivity index (χ0) is 18.8. The first-order chi connectivity index (χ1) is 12.7. The van der Waals surface area contributed by atoms with Crippen molar-refractivity contribution in [1.29, 1.82) is 0 Å². The average molecular weight is 357 g/mol. The summed E-state index contributed by atoms with van der Waals surface area (Å²) < 4.78 is 11.5. The van der Waals surface area contributed by atoms with Gasteiger partial charge in [-0.05, 0) is 43.3 Å². The van der Waals surface area contributed by atoms with Gasteiger partial charge in [-0.3, -0.25) is 0 Å². The van der Waals surface area contributed by atoms with Crippen LogP contribution in [0.15, 0.2) is 42.5 Å². The lowest BCUT2D eigenvalue weighted by Crippen LogP contribution is -2.31. The van der Waals surface area contributed by atoms with Crippen molar-refractivity contribution in [3.63, 3.8) is 0 Å². The average Bonchev–Trinajstić information content (AvgIpc) is 2.68. The van der Waals surface area contributed by atoms with Crippen LogP contribution in [0.3, 0.4) is 0 Å². The first-order valence-corrected chi connectivity index (χ1v) is 9.44. The van der Waals surface area contributed by atoms with Gasteiger partial charge in [-0.2, -0.15) is 0 Å². The molecule has 4 heteroatoms. The number of methoxy groups -OCH3 is 1. The van der Waals surface area contributed by atoms with Gasteiger partial charge in [0.25, 0.3) is 0 Å². The lowest BCUT2D eigenvalue weighted by molar-refractivity contribution is 0.284. The molecule has 0 spiro atoms. The van der Waals surface area contributed by atoms with Crippen molar-refractivity contribution < 1.29 is 9.47 Å². The number of nitrogens with zero attached hydrogens (tertiary/aromatic N) is 1. The van der Waals surface area contributed by atoms with Gasteiger partial charge in [0.05, 0.1) is 7.11 Å². The molecule has 0 aliphatic rings. The number of nitrogens with one attached hydrogen (secondary N) is 1. The molecule has 0 amide bonds. The maximum Gasteiger partial charge on any atom is 0.161 e. The van der Waals surface area contributed by atoms with Crippen LogP contribution >= 0.6 is 0 Å². The van der Waals surface area contributed by atoms with Crippen LogP contribution in [0.5, 0.6) is 11.5 Å². The van der Waals surface area contributed by atoms with E-state index in [0.717, 1.165) is 49.8 Å². The fourth-order valence-corrected chi connectivity index (χ4v) is 2.80. The maximum absolute atomic E-state index is 5.94. The highest BCUT2D eigenvalue weighted by atomic mass is 16.5. The smallest absolute Gasteiger partial charge is 0.161 e. The fraction of sp³-hybridized carbons (Fsp3) is 0.455. The monoisotopic (exact) mass is 356 g/mol. The second-order valence-corrected chi connectivity index (χ2v) is 6.46. The number of benzene rings is 2. The normalized spacial score (nSPS) is 11.0. The number of rotatable bonds is 11. The van der Waals surface area contributed by atoms with E-state index < -0.39 is 0 Å². The second kappa shape index (κ2) is 10.8. The first-order valence-electron chi connectivity index (χ1n) is 9.44. The van der Waals surface area contributed by atoms with Crippen LogP contribution in [0.1, 0.15) is 30.5 Å². The Labute approximate surface area is 158 Å². The molecule has 1 N–H and O–H groups in total. The van der Waals surface area contributed by atoms with E-state index in [1.54, 1.807) is 7.11 Å². The molecule has 0 fully saturated rings. The maximum atomic E-state index is 5.94. The molecule has 0 saturated carbocycles. The van der Waals surface area contributed by atoms with E-state index in [1.807, 2.05) is 6.07 Å². The highest BCUT2D eigenvalue weighted by Gasteiger charge is 2.07. The van der Waals surface area contributed by atoms with E-state index >= 15 is 0 Å². The molecule has 4 nitrogen and oxygen atoms in total. The van der Waals surface area contributed by atoms with Crippen molar-refractivity contribution in [3.8, 4) is 11.5 Å². The SMILES string of the molecule is CCN(CC)CCNCc1ccc(OCc2ccc(C)cc2)c(OC)c1. The minimum atomic E-state index is 0.540. The molecular weight excluding hydrogens is 324 g/mol. The van der Waals surface area contributed by atoms with Crippen LogP contribution in [0.4, 0.5) is 0 Å². The Morgan fingerprint density at radius 2 is 1.62 bits per heavy atom. The quantitative estimate of drug-likeness (QED) is 0.617. The van der Waals surface area contributed by atoms with Crippen LogP contribution in [0, 0.1) is 6.92 Å². The van der Waals surface area contributed by atoms with E-state index in [4.69, 9.17) is 9.47 Å². The van der Waals surface area contributed by atoms with Gasteiger partial charge in [0.1, 0.15) is 6.61 Å². The number of likely N-dealkylation sites (N-methyl/N-ethyl adjacent to an activating group) is 1. The third-order valence-corrected chi connectivity index (χ3v) is 4.57. The Kier molecular flexibility index (Phi) is 8.45. The van der Waals surface area contributed by atoms with Crippen LogP contribution < -0.4 is 14.8 Å². The standard InChI is InChI=1S/C22H32N2O2/c1-5-24(6-2)14-13-23-16-20-11-12-21(22(15-20)25-4)26-17-19-9-7-18(3)8-10-19/h7-12,15,23H,5-6,13-14,16-17H2,1-4H3. The second-order valence-electron chi connectivity index (χ2n) is 6.46. The summed E-state index contributed by atoms with van der Waals surface area (Å²) in [5.74, 6) is 1.56. The summed E-state index contributed by atoms with van der Waals surface area (Å²) in [4.78, 5) is 2.41. The molecule has 2 aromatic carbocycles. The Hall–Kier alpha value is -2.04. The molecule has 0 saturated heterocycles. The minimum absolute atomic E-state index is 0.540. The third-order valence-electron chi connectivity index (χ3n) is 4.57. The number of aryl methyl sites for hydroxylation is 1. The lowest BCUT2D eigenvalue weighted by atomic mass is 10.1. The summed E-state index contributed by atoms with van der Waals surface area (Å²) in [6.45, 7) is 12.1. The Balaban J connectivity index is 1.87. The van der Waals surface area contributed by atoms with Crippen molar-refractivity contribution in [2.75, 3.05) is 33.3 Å². The summed E-state index contributed by atoms with van der Waals surface area (Å²) in [6.07, 6.45) is 0. The molecule has 2 rings (SSSR count). The van der Waals surface area contributed by atoms with Crippen LogP contribution in [0.25, 0.3) is 0 Å². The summed E-state index contributed by atoms with van der Waals surface area (Å²) in [5.41, 5.74) is 3.60. The van der Waals surface area contributed by atoms with Crippen LogP contribution in [-0.2, 0) is 13.2 Å². The molecule has 0 heterocycles. The predicted octanol–water partition coefficient (Wildman–Crippen LogP) is 4.01. The van der Waals surface area contributed by atoms with E-state index in [-0.39, 0.29) is 0 Å². The van der Waals surface area contributed by atoms with E-state index in [0.29, 0.717) is 6.61 Å². The van der Waals surface area contributed by atoms with Crippen molar-refractivity contribution >= 4 is 0 Å². The van der Waals surface area contributed by atoms with Gasteiger partial charge in [-0.25, -0.2) is 0 Å². The molecular formula is C22H32N2O2. The molecule has 0 aromatic heterocycles. The first kappa shape index (κ1) is 20.3. The number of hydrogen-bond acceptors (Lipinski definition) is 4. The van der Waals surface area contributed by atoms with E-state index in [2.05, 4.69) is 67.4 Å². The van der Waals surface area contributed by atoms with Gasteiger partial charge < -0.3 is 19.7 Å². The predicted molar refractivity (Wildman–Crippen MR) is 108 cm³/mol. The van der Waals surface area contributed by atoms with E-state index in [1.165, 1.54) is 11.1 Å². The topological polar surface area (TPSA) is 33.7 Å². The highest BCUT2D eigenvalue weighted by molar-refractivity contribution is 5.43. The lowest BCUT2D eigenvalue weighted by Gasteiger charge is -2.18. The van der Waals surface area contributed by atoms with Crippen LogP contribution in [0.2, 0.25) is 0 Å². The molecule has 0 atom stereocenters. The molecule has 0 aliphatic heterocycles. The summed E-state index contributed by atoms with van der Waals surface area (Å²) in [6, 6.07) is 14.5. The summed E-state index contributed by atoms with van der Waals surface area (Å²) in [5, 5.41) is 3.50. The van der Waals surface area contributed by atoms with Crippen molar-refractivity contribution in [1.82, 2.24) is 10.2 Å². The molecule has 2 aromatic rings. The number of ether oxygens (including phenoxy) is 2. The molecule has 26 heavy (non-hydrogen) atoms. The van der Waals surface area contributed by atoms with Crippen molar-refractivity contribution in [2.45, 2.75) is 33.9 Å². The Morgan fingerprint density at radius 1 is 0.923 bits per heavy atom. The number of hydrogen-bond donors (Lipinski definition) is 1. The van der Waals surface area contributed by atoms with Crippen molar-refractivity contribution in [2.24, 2.45) is 0 Å². The summed E-state index contributed by atoms with van der Waals surface area (Å²) >= 11 is 0. The van der Waals surface area contributed by atoms with Crippen molar-refractivity contribution in [3.05, 3.63) is 59.2 Å². The van der Waals surface area contributed by atoms with E-state index in [9.17, 15) is 0 Å². The summed E-state index contributed by atoms with van der Waals surface area (Å²) in [7, 11) is 1.69.